The van der Waals surface area contributed by atoms with Gasteiger partial charge in [0, 0.05) is 19.6 Å². The van der Waals surface area contributed by atoms with Crippen molar-refractivity contribution in [3.63, 3.8) is 0 Å². The highest BCUT2D eigenvalue weighted by atomic mass is 16.5. The molecule has 1 saturated heterocycles. The lowest BCUT2D eigenvalue weighted by atomic mass is 10.3. The number of benzene rings is 1. The summed E-state index contributed by atoms with van der Waals surface area (Å²) >= 11 is 0. The second-order valence-corrected chi connectivity index (χ2v) is 4.82. The first-order chi connectivity index (χ1) is 11.5. The lowest BCUT2D eigenvalue weighted by Gasteiger charge is -2.26. The van der Waals surface area contributed by atoms with E-state index in [9.17, 15) is 0 Å². The van der Waals surface area contributed by atoms with Gasteiger partial charge in [-0.2, -0.15) is 0 Å². The summed E-state index contributed by atoms with van der Waals surface area (Å²) in [5.41, 5.74) is 0. The monoisotopic (exact) mass is 341 g/mol. The largest absolute Gasteiger partial charge is 0.494 e. The molecule has 8 nitrogen and oxygen atoms in total. The number of ether oxygens (including phenoxy) is 3. The first-order valence-corrected chi connectivity index (χ1v) is 7.65. The Kier molecular flexibility index (Phi) is 9.25. The van der Waals surface area contributed by atoms with E-state index in [4.69, 9.17) is 34.0 Å². The van der Waals surface area contributed by atoms with Crippen LogP contribution in [0.3, 0.4) is 0 Å². The zero-order chi connectivity index (χ0) is 17.8. The number of carboxylic acids is 2. The molecule has 1 aromatic rings. The molecule has 2 N–H and O–H groups in total. The van der Waals surface area contributed by atoms with E-state index in [0.29, 0.717) is 13.2 Å². The summed E-state index contributed by atoms with van der Waals surface area (Å²) in [6.07, 6.45) is 0. The van der Waals surface area contributed by atoms with Crippen molar-refractivity contribution in [3.8, 4) is 11.5 Å². The van der Waals surface area contributed by atoms with Gasteiger partial charge < -0.3 is 24.4 Å². The van der Waals surface area contributed by atoms with E-state index in [0.717, 1.165) is 44.3 Å². The molecule has 24 heavy (non-hydrogen) atoms. The predicted octanol–water partition coefficient (Wildman–Crippen LogP) is 0.952. The molecule has 1 heterocycles. The van der Waals surface area contributed by atoms with Gasteiger partial charge in [0.2, 0.25) is 0 Å². The summed E-state index contributed by atoms with van der Waals surface area (Å²) in [5.74, 6) is -1.87. The number of rotatable bonds is 6. The van der Waals surface area contributed by atoms with E-state index in [1.165, 1.54) is 0 Å². The third-order valence-corrected chi connectivity index (χ3v) is 3.10. The van der Waals surface area contributed by atoms with Crippen LogP contribution in [0.15, 0.2) is 24.3 Å². The van der Waals surface area contributed by atoms with E-state index in [1.807, 2.05) is 31.2 Å². The highest BCUT2D eigenvalue weighted by molar-refractivity contribution is 6.27. The summed E-state index contributed by atoms with van der Waals surface area (Å²) < 4.78 is 16.4. The van der Waals surface area contributed by atoms with E-state index < -0.39 is 11.9 Å². The van der Waals surface area contributed by atoms with Crippen LogP contribution in [-0.2, 0) is 14.3 Å². The van der Waals surface area contributed by atoms with Crippen LogP contribution in [0, 0.1) is 0 Å². The molecule has 0 radical (unpaired) electrons. The molecule has 1 aliphatic rings. The molecule has 0 spiro atoms. The topological polar surface area (TPSA) is 106 Å². The van der Waals surface area contributed by atoms with Gasteiger partial charge in [-0.05, 0) is 31.2 Å². The Hall–Kier alpha value is -2.32. The van der Waals surface area contributed by atoms with Gasteiger partial charge in [0.25, 0.3) is 0 Å². The third kappa shape index (κ3) is 8.35. The van der Waals surface area contributed by atoms with Crippen molar-refractivity contribution in [2.45, 2.75) is 6.92 Å². The van der Waals surface area contributed by atoms with Gasteiger partial charge in [-0.1, -0.05) is 0 Å². The van der Waals surface area contributed by atoms with Crippen LogP contribution < -0.4 is 9.47 Å². The number of hydrogen-bond acceptors (Lipinski definition) is 6. The molecule has 0 amide bonds. The molecule has 0 aromatic heterocycles. The number of nitrogens with zero attached hydrogens (tertiary/aromatic N) is 1. The van der Waals surface area contributed by atoms with Crippen molar-refractivity contribution in [1.82, 2.24) is 4.90 Å². The van der Waals surface area contributed by atoms with E-state index >= 15 is 0 Å². The van der Waals surface area contributed by atoms with Crippen molar-refractivity contribution >= 4 is 11.9 Å². The van der Waals surface area contributed by atoms with Crippen LogP contribution in [0.2, 0.25) is 0 Å². The fourth-order valence-corrected chi connectivity index (χ4v) is 1.92. The summed E-state index contributed by atoms with van der Waals surface area (Å²) in [5, 5.41) is 14.8. The number of carbonyl (C=O) groups is 2. The van der Waals surface area contributed by atoms with Gasteiger partial charge in [0.1, 0.15) is 18.1 Å². The molecule has 2 rings (SSSR count). The average molecular weight is 341 g/mol. The van der Waals surface area contributed by atoms with Gasteiger partial charge in [-0.25, -0.2) is 9.59 Å². The maximum absolute atomic E-state index is 9.10. The van der Waals surface area contributed by atoms with E-state index in [-0.39, 0.29) is 0 Å². The van der Waals surface area contributed by atoms with Crippen molar-refractivity contribution in [2.24, 2.45) is 0 Å². The number of hydrogen-bond donors (Lipinski definition) is 2. The Morgan fingerprint density at radius 1 is 1.04 bits per heavy atom. The third-order valence-electron chi connectivity index (χ3n) is 3.10. The molecule has 0 aliphatic carbocycles. The van der Waals surface area contributed by atoms with Gasteiger partial charge in [-0.15, -0.1) is 0 Å². The molecule has 1 aliphatic heterocycles. The van der Waals surface area contributed by atoms with Crippen LogP contribution in [0.5, 0.6) is 11.5 Å². The number of aliphatic carboxylic acids is 2. The minimum Gasteiger partial charge on any atom is -0.494 e. The van der Waals surface area contributed by atoms with E-state index in [1.54, 1.807) is 0 Å². The maximum Gasteiger partial charge on any atom is 0.414 e. The zero-order valence-electron chi connectivity index (χ0n) is 13.6. The Labute approximate surface area is 140 Å². The first kappa shape index (κ1) is 19.7. The molecule has 0 bridgehead atoms. The van der Waals surface area contributed by atoms with E-state index in [2.05, 4.69) is 4.90 Å². The smallest absolute Gasteiger partial charge is 0.414 e. The number of morpholine rings is 1. The van der Waals surface area contributed by atoms with Crippen molar-refractivity contribution < 1.29 is 34.0 Å². The zero-order valence-corrected chi connectivity index (χ0v) is 13.6. The normalized spacial score (nSPS) is 14.2. The fourth-order valence-electron chi connectivity index (χ4n) is 1.92. The average Bonchev–Trinajstić information content (AvgIpc) is 2.58. The Balaban J connectivity index is 0.000000413. The number of carboxylic acid groups (broad SMARTS) is 2. The van der Waals surface area contributed by atoms with Crippen molar-refractivity contribution in [3.05, 3.63) is 24.3 Å². The predicted molar refractivity (Wildman–Crippen MR) is 85.6 cm³/mol. The molecule has 0 unspecified atom stereocenters. The second kappa shape index (κ2) is 11.3. The minimum atomic E-state index is -1.82. The quantitative estimate of drug-likeness (QED) is 0.737. The Morgan fingerprint density at radius 2 is 1.54 bits per heavy atom. The summed E-state index contributed by atoms with van der Waals surface area (Å²) in [4.78, 5) is 20.6. The van der Waals surface area contributed by atoms with Gasteiger partial charge >= 0.3 is 11.9 Å². The molecule has 0 saturated carbocycles. The van der Waals surface area contributed by atoms with Gasteiger partial charge in [-0.3, -0.25) is 4.90 Å². The summed E-state index contributed by atoms with van der Waals surface area (Å²) in [6, 6.07) is 7.77. The second-order valence-electron chi connectivity index (χ2n) is 4.82. The highest BCUT2D eigenvalue weighted by Crippen LogP contribution is 2.17. The summed E-state index contributed by atoms with van der Waals surface area (Å²) in [7, 11) is 0. The molecule has 1 fully saturated rings. The maximum atomic E-state index is 9.10. The Bertz CT molecular complexity index is 486. The molecular weight excluding hydrogens is 318 g/mol. The SMILES string of the molecule is CCOc1ccc(OCCN2CCOCC2)cc1.O=C(O)C(=O)O. The summed E-state index contributed by atoms with van der Waals surface area (Å²) in [6.45, 7) is 8.03. The molecule has 134 valence electrons. The molecule has 8 heteroatoms. The molecule has 1 aromatic carbocycles. The molecular formula is C16H23NO7. The first-order valence-electron chi connectivity index (χ1n) is 7.65. The standard InChI is InChI=1S/C14H21NO3.C2H2O4/c1-2-17-13-3-5-14(6-4-13)18-12-9-15-7-10-16-11-8-15;3-1(4)2(5)6/h3-6H,2,7-12H2,1H3;(H,3,4)(H,5,6). The van der Waals surface area contributed by atoms with Crippen LogP contribution in [0.1, 0.15) is 6.92 Å². The molecule has 0 atom stereocenters. The van der Waals surface area contributed by atoms with Crippen LogP contribution in [-0.4, -0.2) is 73.1 Å². The van der Waals surface area contributed by atoms with Gasteiger partial charge in [0.05, 0.1) is 19.8 Å². The van der Waals surface area contributed by atoms with Crippen LogP contribution in [0.25, 0.3) is 0 Å². The van der Waals surface area contributed by atoms with Crippen molar-refractivity contribution in [1.29, 1.82) is 0 Å². The highest BCUT2D eigenvalue weighted by Gasteiger charge is 2.09. The lowest BCUT2D eigenvalue weighted by Crippen LogP contribution is -2.38. The lowest BCUT2D eigenvalue weighted by molar-refractivity contribution is -0.159. The van der Waals surface area contributed by atoms with Gasteiger partial charge in [0.15, 0.2) is 0 Å². The van der Waals surface area contributed by atoms with Crippen LogP contribution >= 0.6 is 0 Å². The van der Waals surface area contributed by atoms with Crippen molar-refractivity contribution in [2.75, 3.05) is 46.1 Å². The fraction of sp³-hybridized carbons (Fsp3) is 0.500. The minimum absolute atomic E-state index is 0.692. The van der Waals surface area contributed by atoms with Crippen LogP contribution in [0.4, 0.5) is 0 Å². The Morgan fingerprint density at radius 3 is 2.00 bits per heavy atom.